The highest BCUT2D eigenvalue weighted by atomic mass is 127. The summed E-state index contributed by atoms with van der Waals surface area (Å²) >= 11 is 7.29. The molecule has 0 radical (unpaired) electrons. The molecule has 1 heterocycles. The van der Waals surface area contributed by atoms with Crippen LogP contribution in [0.15, 0.2) is 12.1 Å². The molecular formula is C13H16FIN2S. The zero-order valence-electron chi connectivity index (χ0n) is 10.5. The molecule has 0 spiro atoms. The Hall–Kier alpha value is -0.430. The summed E-state index contributed by atoms with van der Waals surface area (Å²) in [6.45, 7) is 5.25. The van der Waals surface area contributed by atoms with Gasteiger partial charge in [0.25, 0.3) is 0 Å². The average Bonchev–Trinajstić information content (AvgIpc) is 2.56. The number of H-pyrrole nitrogens is 1. The number of hydrogen-bond donors (Lipinski definition) is 1. The van der Waals surface area contributed by atoms with Crippen molar-refractivity contribution in [3.63, 3.8) is 0 Å². The standard InChI is InChI=1S/C13H16FIN2S/c1-8(2)4-3-5-17-12-6-9(14)10(15)7-11(12)16-13(17)18/h6-8H,3-5H2,1-2H3,(H,16,18). The Kier molecular flexibility index (Phi) is 4.42. The number of imidazole rings is 1. The van der Waals surface area contributed by atoms with Crippen molar-refractivity contribution in [2.24, 2.45) is 5.92 Å². The number of rotatable bonds is 4. The van der Waals surface area contributed by atoms with Gasteiger partial charge >= 0.3 is 0 Å². The maximum absolute atomic E-state index is 13.6. The monoisotopic (exact) mass is 378 g/mol. The van der Waals surface area contributed by atoms with Crippen LogP contribution in [0.3, 0.4) is 0 Å². The van der Waals surface area contributed by atoms with Crippen molar-refractivity contribution in [3.8, 4) is 0 Å². The van der Waals surface area contributed by atoms with Gasteiger partial charge in [0.05, 0.1) is 14.6 Å². The zero-order valence-corrected chi connectivity index (χ0v) is 13.4. The van der Waals surface area contributed by atoms with Crippen molar-refractivity contribution in [3.05, 3.63) is 26.3 Å². The van der Waals surface area contributed by atoms with Crippen molar-refractivity contribution >= 4 is 45.8 Å². The van der Waals surface area contributed by atoms with Crippen LogP contribution in [0.2, 0.25) is 0 Å². The van der Waals surface area contributed by atoms with Crippen molar-refractivity contribution in [1.29, 1.82) is 0 Å². The van der Waals surface area contributed by atoms with E-state index in [9.17, 15) is 4.39 Å². The largest absolute Gasteiger partial charge is 0.331 e. The molecule has 0 unspecified atom stereocenters. The van der Waals surface area contributed by atoms with Gasteiger partial charge in [0.15, 0.2) is 4.77 Å². The minimum Gasteiger partial charge on any atom is -0.331 e. The zero-order chi connectivity index (χ0) is 13.3. The predicted molar refractivity (Wildman–Crippen MR) is 83.9 cm³/mol. The highest BCUT2D eigenvalue weighted by Crippen LogP contribution is 2.21. The second-order valence-electron chi connectivity index (χ2n) is 4.90. The summed E-state index contributed by atoms with van der Waals surface area (Å²) in [6.07, 6.45) is 2.22. The second-order valence-corrected chi connectivity index (χ2v) is 6.45. The molecule has 98 valence electrons. The SMILES string of the molecule is CC(C)CCCn1c(=S)[nH]c2cc(I)c(F)cc21. The van der Waals surface area contributed by atoms with Gasteiger partial charge in [-0.1, -0.05) is 13.8 Å². The first kappa shape index (κ1) is 14.0. The Balaban J connectivity index is 2.35. The van der Waals surface area contributed by atoms with E-state index in [1.807, 2.05) is 27.2 Å². The smallest absolute Gasteiger partial charge is 0.178 e. The summed E-state index contributed by atoms with van der Waals surface area (Å²) in [6, 6.07) is 3.37. The second kappa shape index (κ2) is 5.69. The van der Waals surface area contributed by atoms with Crippen molar-refractivity contribution < 1.29 is 4.39 Å². The normalized spacial score (nSPS) is 11.6. The van der Waals surface area contributed by atoms with Crippen LogP contribution < -0.4 is 0 Å². The molecule has 2 nitrogen and oxygen atoms in total. The van der Waals surface area contributed by atoms with E-state index in [-0.39, 0.29) is 5.82 Å². The van der Waals surface area contributed by atoms with Gasteiger partial charge in [-0.3, -0.25) is 0 Å². The molecule has 2 rings (SSSR count). The van der Waals surface area contributed by atoms with E-state index in [1.165, 1.54) is 0 Å². The molecule has 18 heavy (non-hydrogen) atoms. The van der Waals surface area contributed by atoms with Gasteiger partial charge in [0.2, 0.25) is 0 Å². The van der Waals surface area contributed by atoms with E-state index < -0.39 is 0 Å². The van der Waals surface area contributed by atoms with Gasteiger partial charge in [-0.25, -0.2) is 4.39 Å². The third-order valence-electron chi connectivity index (χ3n) is 2.98. The summed E-state index contributed by atoms with van der Waals surface area (Å²) in [5.41, 5.74) is 1.78. The van der Waals surface area contributed by atoms with Gasteiger partial charge < -0.3 is 9.55 Å². The average molecular weight is 378 g/mol. The number of halogens is 2. The summed E-state index contributed by atoms with van der Waals surface area (Å²) < 4.78 is 16.9. The minimum atomic E-state index is -0.185. The van der Waals surface area contributed by atoms with Crippen LogP contribution in [0.1, 0.15) is 26.7 Å². The van der Waals surface area contributed by atoms with Crippen LogP contribution >= 0.6 is 34.8 Å². The van der Waals surface area contributed by atoms with Gasteiger partial charge in [-0.15, -0.1) is 0 Å². The summed E-state index contributed by atoms with van der Waals surface area (Å²) in [4.78, 5) is 3.14. The molecular weight excluding hydrogens is 362 g/mol. The first-order chi connectivity index (χ1) is 8.49. The number of benzene rings is 1. The summed E-state index contributed by atoms with van der Waals surface area (Å²) in [7, 11) is 0. The van der Waals surface area contributed by atoms with E-state index >= 15 is 0 Å². The van der Waals surface area contributed by atoms with E-state index in [4.69, 9.17) is 12.2 Å². The van der Waals surface area contributed by atoms with E-state index in [0.29, 0.717) is 14.3 Å². The van der Waals surface area contributed by atoms with Crippen LogP contribution in [0.4, 0.5) is 4.39 Å². The van der Waals surface area contributed by atoms with Crippen LogP contribution in [-0.4, -0.2) is 9.55 Å². The predicted octanol–water partition coefficient (Wildman–Crippen LogP) is 4.88. The maximum Gasteiger partial charge on any atom is 0.178 e. The van der Waals surface area contributed by atoms with E-state index in [0.717, 1.165) is 30.4 Å². The molecule has 0 aliphatic heterocycles. The fraction of sp³-hybridized carbons (Fsp3) is 0.462. The lowest BCUT2D eigenvalue weighted by atomic mass is 10.1. The van der Waals surface area contributed by atoms with E-state index in [2.05, 4.69) is 18.8 Å². The molecule has 0 atom stereocenters. The highest BCUT2D eigenvalue weighted by Gasteiger charge is 2.08. The van der Waals surface area contributed by atoms with Gasteiger partial charge in [-0.2, -0.15) is 0 Å². The lowest BCUT2D eigenvalue weighted by molar-refractivity contribution is 0.514. The molecule has 1 N–H and O–H groups in total. The van der Waals surface area contributed by atoms with Gasteiger partial charge in [-0.05, 0) is 59.6 Å². The fourth-order valence-corrected chi connectivity index (χ4v) is 2.80. The number of hydrogen-bond acceptors (Lipinski definition) is 1. The third-order valence-corrected chi connectivity index (χ3v) is 4.13. The van der Waals surface area contributed by atoms with Gasteiger partial charge in [0.1, 0.15) is 5.82 Å². The van der Waals surface area contributed by atoms with Crippen molar-refractivity contribution in [1.82, 2.24) is 9.55 Å². The Morgan fingerprint density at radius 3 is 2.83 bits per heavy atom. The number of nitrogens with one attached hydrogen (secondary N) is 1. The first-order valence-corrected chi connectivity index (χ1v) is 7.55. The van der Waals surface area contributed by atoms with Crippen molar-refractivity contribution in [2.75, 3.05) is 0 Å². The van der Waals surface area contributed by atoms with Crippen LogP contribution in [0.5, 0.6) is 0 Å². The highest BCUT2D eigenvalue weighted by molar-refractivity contribution is 14.1. The Morgan fingerprint density at radius 2 is 2.17 bits per heavy atom. The first-order valence-electron chi connectivity index (χ1n) is 6.06. The third kappa shape index (κ3) is 2.93. The number of aryl methyl sites for hydroxylation is 1. The number of fused-ring (bicyclic) bond motifs is 1. The maximum atomic E-state index is 13.6. The van der Waals surface area contributed by atoms with Crippen molar-refractivity contribution in [2.45, 2.75) is 33.2 Å². The number of aromatic amines is 1. The number of nitrogens with zero attached hydrogens (tertiary/aromatic N) is 1. The van der Waals surface area contributed by atoms with Crippen LogP contribution in [0.25, 0.3) is 11.0 Å². The molecule has 1 aromatic carbocycles. The van der Waals surface area contributed by atoms with Gasteiger partial charge in [0, 0.05) is 12.6 Å². The minimum absolute atomic E-state index is 0.185. The fourth-order valence-electron chi connectivity index (χ4n) is 2.03. The quantitative estimate of drug-likeness (QED) is 0.594. The molecule has 1 aromatic heterocycles. The molecule has 0 bridgehead atoms. The number of aromatic nitrogens is 2. The molecule has 2 aromatic rings. The summed E-state index contributed by atoms with van der Waals surface area (Å²) in [5, 5.41) is 0. The molecule has 0 fully saturated rings. The molecule has 0 aliphatic carbocycles. The molecule has 0 saturated heterocycles. The Bertz CT molecular complexity index is 615. The lowest BCUT2D eigenvalue weighted by Gasteiger charge is -2.07. The molecule has 0 saturated carbocycles. The van der Waals surface area contributed by atoms with Crippen LogP contribution in [-0.2, 0) is 6.54 Å². The van der Waals surface area contributed by atoms with E-state index in [1.54, 1.807) is 12.1 Å². The Morgan fingerprint density at radius 1 is 1.44 bits per heavy atom. The Labute approximate surface area is 125 Å². The molecule has 0 amide bonds. The molecule has 5 heteroatoms. The topological polar surface area (TPSA) is 20.7 Å². The molecule has 0 aliphatic rings. The van der Waals surface area contributed by atoms with Crippen LogP contribution in [0, 0.1) is 20.1 Å². The summed E-state index contributed by atoms with van der Waals surface area (Å²) in [5.74, 6) is 0.497. The lowest BCUT2D eigenvalue weighted by Crippen LogP contribution is -2.00.